The monoisotopic (exact) mass is 293 g/mol. The Morgan fingerprint density at radius 2 is 1.68 bits per heavy atom. The standard InChI is InChI=1S/C19H19NO2/c1-14(13-22-16-9-7-15(21-2)8-10-16)17-11-12-20-19-6-4-3-5-18(17)19/h3-12,14H,13H2,1-2H3/t14-/m1/s1. The van der Waals surface area contributed by atoms with Crippen molar-refractivity contribution in [2.24, 2.45) is 0 Å². The summed E-state index contributed by atoms with van der Waals surface area (Å²) in [6.45, 7) is 2.80. The Balaban J connectivity index is 1.74. The molecule has 0 radical (unpaired) electrons. The third-order valence-corrected chi connectivity index (χ3v) is 3.77. The maximum Gasteiger partial charge on any atom is 0.119 e. The zero-order valence-corrected chi connectivity index (χ0v) is 12.8. The predicted octanol–water partition coefficient (Wildman–Crippen LogP) is 4.43. The quantitative estimate of drug-likeness (QED) is 0.697. The first kappa shape index (κ1) is 14.4. The highest BCUT2D eigenvalue weighted by Crippen LogP contribution is 2.25. The lowest BCUT2D eigenvalue weighted by molar-refractivity contribution is 0.296. The number of ether oxygens (including phenoxy) is 2. The Hall–Kier alpha value is -2.55. The van der Waals surface area contributed by atoms with E-state index in [9.17, 15) is 0 Å². The van der Waals surface area contributed by atoms with E-state index in [4.69, 9.17) is 9.47 Å². The maximum atomic E-state index is 5.89. The lowest BCUT2D eigenvalue weighted by atomic mass is 9.98. The molecule has 3 aromatic rings. The molecule has 0 bridgehead atoms. The highest BCUT2D eigenvalue weighted by Gasteiger charge is 2.10. The van der Waals surface area contributed by atoms with Crippen LogP contribution in [0.1, 0.15) is 18.4 Å². The van der Waals surface area contributed by atoms with Gasteiger partial charge in [0.05, 0.1) is 19.2 Å². The van der Waals surface area contributed by atoms with E-state index >= 15 is 0 Å². The molecule has 0 spiro atoms. The lowest BCUT2D eigenvalue weighted by Crippen LogP contribution is -2.07. The topological polar surface area (TPSA) is 31.4 Å². The average Bonchev–Trinajstić information content (AvgIpc) is 2.59. The van der Waals surface area contributed by atoms with Crippen molar-refractivity contribution in [1.29, 1.82) is 0 Å². The molecule has 0 fully saturated rings. The molecular formula is C19H19NO2. The van der Waals surface area contributed by atoms with Gasteiger partial charge in [-0.25, -0.2) is 0 Å². The van der Waals surface area contributed by atoms with Crippen LogP contribution in [0.15, 0.2) is 60.8 Å². The summed E-state index contributed by atoms with van der Waals surface area (Å²) in [5, 5.41) is 1.19. The second kappa shape index (κ2) is 6.48. The Morgan fingerprint density at radius 1 is 0.955 bits per heavy atom. The maximum absolute atomic E-state index is 5.89. The summed E-state index contributed by atoms with van der Waals surface area (Å²) < 4.78 is 11.0. The van der Waals surface area contributed by atoms with E-state index in [2.05, 4.69) is 24.0 Å². The largest absolute Gasteiger partial charge is 0.497 e. The van der Waals surface area contributed by atoms with E-state index in [1.165, 1.54) is 10.9 Å². The van der Waals surface area contributed by atoms with Crippen LogP contribution in [0.4, 0.5) is 0 Å². The molecule has 2 aromatic carbocycles. The number of nitrogens with zero attached hydrogens (tertiary/aromatic N) is 1. The summed E-state index contributed by atoms with van der Waals surface area (Å²) in [6, 6.07) is 17.9. The molecule has 22 heavy (non-hydrogen) atoms. The summed E-state index contributed by atoms with van der Waals surface area (Å²) in [7, 11) is 1.66. The van der Waals surface area contributed by atoms with Crippen molar-refractivity contribution >= 4 is 10.9 Å². The highest BCUT2D eigenvalue weighted by molar-refractivity contribution is 5.82. The Labute approximate surface area is 130 Å². The molecule has 0 amide bonds. The number of benzene rings is 2. The van der Waals surface area contributed by atoms with Gasteiger partial charge in [0.1, 0.15) is 11.5 Å². The number of methoxy groups -OCH3 is 1. The molecule has 1 heterocycles. The summed E-state index contributed by atoms with van der Waals surface area (Å²) in [6.07, 6.45) is 1.86. The minimum absolute atomic E-state index is 0.287. The van der Waals surface area contributed by atoms with E-state index in [1.807, 2.05) is 48.7 Å². The minimum atomic E-state index is 0.287. The number of aromatic nitrogens is 1. The van der Waals surface area contributed by atoms with Crippen LogP contribution in [0.2, 0.25) is 0 Å². The molecular weight excluding hydrogens is 274 g/mol. The second-order valence-electron chi connectivity index (χ2n) is 5.30. The normalized spacial score (nSPS) is 12.1. The number of pyridine rings is 1. The van der Waals surface area contributed by atoms with Crippen molar-refractivity contribution < 1.29 is 9.47 Å². The van der Waals surface area contributed by atoms with Gasteiger partial charge in [0.15, 0.2) is 0 Å². The van der Waals surface area contributed by atoms with Crippen molar-refractivity contribution in [2.75, 3.05) is 13.7 Å². The van der Waals surface area contributed by atoms with Gasteiger partial charge in [0.25, 0.3) is 0 Å². The molecule has 0 unspecified atom stereocenters. The van der Waals surface area contributed by atoms with Crippen molar-refractivity contribution in [3.05, 3.63) is 66.4 Å². The van der Waals surface area contributed by atoms with E-state index in [0.29, 0.717) is 6.61 Å². The van der Waals surface area contributed by atoms with Crippen molar-refractivity contribution in [2.45, 2.75) is 12.8 Å². The number of hydrogen-bond acceptors (Lipinski definition) is 3. The number of fused-ring (bicyclic) bond motifs is 1. The molecule has 3 nitrogen and oxygen atoms in total. The SMILES string of the molecule is COc1ccc(OC[C@@H](C)c2ccnc3ccccc23)cc1. The summed E-state index contributed by atoms with van der Waals surface area (Å²) in [5.41, 5.74) is 2.29. The van der Waals surface area contributed by atoms with Gasteiger partial charge < -0.3 is 9.47 Å². The fourth-order valence-corrected chi connectivity index (χ4v) is 2.53. The van der Waals surface area contributed by atoms with E-state index in [1.54, 1.807) is 7.11 Å². The van der Waals surface area contributed by atoms with Crippen LogP contribution in [0.3, 0.4) is 0 Å². The van der Waals surface area contributed by atoms with Gasteiger partial charge in [-0.1, -0.05) is 25.1 Å². The fourth-order valence-electron chi connectivity index (χ4n) is 2.53. The van der Waals surface area contributed by atoms with Crippen molar-refractivity contribution in [3.63, 3.8) is 0 Å². The van der Waals surface area contributed by atoms with Gasteiger partial charge in [0.2, 0.25) is 0 Å². The van der Waals surface area contributed by atoms with E-state index in [0.717, 1.165) is 17.0 Å². The molecule has 0 N–H and O–H groups in total. The smallest absolute Gasteiger partial charge is 0.119 e. The summed E-state index contributed by atoms with van der Waals surface area (Å²) in [5.74, 6) is 1.97. The van der Waals surface area contributed by atoms with E-state index < -0.39 is 0 Å². The third kappa shape index (κ3) is 3.03. The fraction of sp³-hybridized carbons (Fsp3) is 0.211. The Kier molecular flexibility index (Phi) is 4.24. The first-order valence-electron chi connectivity index (χ1n) is 7.38. The molecule has 0 aliphatic heterocycles. The van der Waals surface area contributed by atoms with Gasteiger partial charge in [0, 0.05) is 17.5 Å². The van der Waals surface area contributed by atoms with Crippen LogP contribution in [0, 0.1) is 0 Å². The molecule has 1 aromatic heterocycles. The molecule has 0 saturated carbocycles. The van der Waals surface area contributed by atoms with Crippen LogP contribution >= 0.6 is 0 Å². The first-order valence-corrected chi connectivity index (χ1v) is 7.38. The van der Waals surface area contributed by atoms with Crippen LogP contribution < -0.4 is 9.47 Å². The molecule has 0 aliphatic carbocycles. The van der Waals surface area contributed by atoms with Crippen molar-refractivity contribution in [1.82, 2.24) is 4.98 Å². The molecule has 1 atom stereocenters. The van der Waals surface area contributed by atoms with Gasteiger partial charge in [-0.2, -0.15) is 0 Å². The third-order valence-electron chi connectivity index (χ3n) is 3.77. The van der Waals surface area contributed by atoms with Gasteiger partial charge in [-0.05, 0) is 42.0 Å². The molecule has 0 aliphatic rings. The molecule has 3 heteroatoms. The van der Waals surface area contributed by atoms with Gasteiger partial charge >= 0.3 is 0 Å². The van der Waals surface area contributed by atoms with Crippen LogP contribution in [0.5, 0.6) is 11.5 Å². The van der Waals surface area contributed by atoms with Crippen LogP contribution in [0.25, 0.3) is 10.9 Å². The van der Waals surface area contributed by atoms with Gasteiger partial charge in [-0.3, -0.25) is 4.98 Å². The average molecular weight is 293 g/mol. The number of rotatable bonds is 5. The van der Waals surface area contributed by atoms with Gasteiger partial charge in [-0.15, -0.1) is 0 Å². The zero-order valence-electron chi connectivity index (χ0n) is 12.8. The lowest BCUT2D eigenvalue weighted by Gasteiger charge is -2.15. The number of para-hydroxylation sites is 1. The first-order chi connectivity index (χ1) is 10.8. The van der Waals surface area contributed by atoms with Crippen LogP contribution in [-0.2, 0) is 0 Å². The molecule has 112 valence electrons. The zero-order chi connectivity index (χ0) is 15.4. The van der Waals surface area contributed by atoms with E-state index in [-0.39, 0.29) is 5.92 Å². The van der Waals surface area contributed by atoms with Crippen molar-refractivity contribution in [3.8, 4) is 11.5 Å². The second-order valence-corrected chi connectivity index (χ2v) is 5.30. The minimum Gasteiger partial charge on any atom is -0.497 e. The highest BCUT2D eigenvalue weighted by atomic mass is 16.5. The summed E-state index contributed by atoms with van der Waals surface area (Å²) in [4.78, 5) is 4.41. The summed E-state index contributed by atoms with van der Waals surface area (Å²) >= 11 is 0. The molecule has 0 saturated heterocycles. The van der Waals surface area contributed by atoms with Crippen LogP contribution in [-0.4, -0.2) is 18.7 Å². The number of hydrogen-bond donors (Lipinski definition) is 0. The Morgan fingerprint density at radius 3 is 2.45 bits per heavy atom. The molecule has 3 rings (SSSR count). The predicted molar refractivity (Wildman–Crippen MR) is 88.6 cm³/mol. The Bertz CT molecular complexity index is 747.